The number of rotatable bonds is 7. The van der Waals surface area contributed by atoms with Gasteiger partial charge in [0, 0.05) is 48.1 Å². The fourth-order valence-corrected chi connectivity index (χ4v) is 4.38. The van der Waals surface area contributed by atoms with E-state index in [-0.39, 0.29) is 25.2 Å². The summed E-state index contributed by atoms with van der Waals surface area (Å²) in [6.45, 7) is 5.92. The summed E-state index contributed by atoms with van der Waals surface area (Å²) in [7, 11) is 3.11. The van der Waals surface area contributed by atoms with Gasteiger partial charge in [0.2, 0.25) is 0 Å². The summed E-state index contributed by atoms with van der Waals surface area (Å²) in [6, 6.07) is 9.31. The molecule has 0 spiro atoms. The second kappa shape index (κ2) is 10.1. The minimum Gasteiger partial charge on any atom is -0.496 e. The summed E-state index contributed by atoms with van der Waals surface area (Å²) in [6.07, 6.45) is -1.74. The van der Waals surface area contributed by atoms with Gasteiger partial charge in [-0.2, -0.15) is 0 Å². The lowest BCUT2D eigenvalue weighted by molar-refractivity contribution is -0.127. The van der Waals surface area contributed by atoms with Crippen LogP contribution in [0.5, 0.6) is 5.75 Å². The van der Waals surface area contributed by atoms with Crippen molar-refractivity contribution in [2.45, 2.75) is 44.9 Å². The first-order valence-corrected chi connectivity index (χ1v) is 11.8. The Balaban J connectivity index is 1.65. The monoisotopic (exact) mass is 517 g/mol. The van der Waals surface area contributed by atoms with Crippen molar-refractivity contribution in [1.82, 2.24) is 9.88 Å². The second-order valence-electron chi connectivity index (χ2n) is 9.94. The molecule has 0 saturated carbocycles. The summed E-state index contributed by atoms with van der Waals surface area (Å²) in [5.74, 6) is -0.390. The Bertz CT molecular complexity index is 1300. The number of nitrogens with zero attached hydrogens (tertiary/aromatic N) is 2. The molecule has 4 rings (SSSR count). The van der Waals surface area contributed by atoms with E-state index in [9.17, 15) is 18.0 Å². The van der Waals surface area contributed by atoms with Gasteiger partial charge in [0.05, 0.1) is 31.3 Å². The van der Waals surface area contributed by atoms with Gasteiger partial charge in [0.25, 0.3) is 6.43 Å². The van der Waals surface area contributed by atoms with Gasteiger partial charge in [-0.3, -0.25) is 4.98 Å². The highest BCUT2D eigenvalue weighted by atomic mass is 19.3. The molecule has 37 heavy (non-hydrogen) atoms. The molecule has 1 amide bonds. The Morgan fingerprint density at radius 2 is 1.92 bits per heavy atom. The number of carbonyl (C=O) groups is 1. The van der Waals surface area contributed by atoms with Crippen molar-refractivity contribution in [2.24, 2.45) is 0 Å². The van der Waals surface area contributed by atoms with E-state index in [1.54, 1.807) is 58.2 Å². The molecule has 3 aromatic rings. The fraction of sp³-hybridized carbons (Fsp3) is 0.407. The van der Waals surface area contributed by atoms with Crippen LogP contribution in [0.4, 0.5) is 23.7 Å². The van der Waals surface area contributed by atoms with Crippen molar-refractivity contribution in [1.29, 1.82) is 0 Å². The fourth-order valence-electron chi connectivity index (χ4n) is 4.38. The van der Waals surface area contributed by atoms with Gasteiger partial charge in [-0.15, -0.1) is 0 Å². The first-order valence-electron chi connectivity index (χ1n) is 11.8. The first-order chi connectivity index (χ1) is 17.5. The van der Waals surface area contributed by atoms with Gasteiger partial charge in [-0.05, 0) is 32.9 Å². The number of ether oxygens (including phenoxy) is 3. The Kier molecular flexibility index (Phi) is 7.23. The van der Waals surface area contributed by atoms with E-state index in [1.165, 1.54) is 12.1 Å². The highest BCUT2D eigenvalue weighted by molar-refractivity contribution is 5.93. The van der Waals surface area contributed by atoms with Crippen molar-refractivity contribution >= 4 is 22.7 Å². The zero-order valence-corrected chi connectivity index (χ0v) is 21.4. The molecule has 0 unspecified atom stereocenters. The third kappa shape index (κ3) is 5.29. The van der Waals surface area contributed by atoms with Gasteiger partial charge in [-0.1, -0.05) is 18.2 Å². The molecule has 7 nitrogen and oxygen atoms in total. The van der Waals surface area contributed by atoms with E-state index in [1.807, 2.05) is 6.07 Å². The lowest BCUT2D eigenvalue weighted by atomic mass is 9.84. The molecule has 1 aliphatic heterocycles. The van der Waals surface area contributed by atoms with Crippen LogP contribution in [-0.2, 0) is 21.6 Å². The van der Waals surface area contributed by atoms with Crippen LogP contribution in [0.15, 0.2) is 42.6 Å². The standard InChI is InChI=1S/C27H30F3N3O4/c1-26(2,3)37-25(34)33-14-27(15-33,36-5)19-11-18-20(9-10-31-21(18)12-22(19)35-4)32-13-16-7-6-8-17(23(16)28)24(29)30/h6-12,24H,13-15H2,1-5H3,(H,31,32). The van der Waals surface area contributed by atoms with Crippen molar-refractivity contribution in [3.05, 3.63) is 65.1 Å². The topological polar surface area (TPSA) is 72.9 Å². The van der Waals surface area contributed by atoms with Crippen LogP contribution < -0.4 is 10.1 Å². The number of anilines is 1. The molecule has 10 heteroatoms. The maximum absolute atomic E-state index is 14.6. The SMILES string of the molecule is COc1cc2nccc(NCc3cccc(C(F)F)c3F)c2cc1C1(OC)CN(C(=O)OC(C)(C)C)C1. The number of pyridine rings is 1. The molecule has 2 aromatic carbocycles. The molecule has 1 saturated heterocycles. The molecule has 0 bridgehead atoms. The van der Waals surface area contributed by atoms with Crippen LogP contribution >= 0.6 is 0 Å². The molecule has 2 heterocycles. The van der Waals surface area contributed by atoms with Crippen LogP contribution in [0.25, 0.3) is 10.9 Å². The molecule has 1 aromatic heterocycles. The third-order valence-electron chi connectivity index (χ3n) is 6.30. The number of aromatic nitrogens is 1. The number of carbonyl (C=O) groups excluding carboxylic acids is 1. The number of nitrogens with one attached hydrogen (secondary N) is 1. The lowest BCUT2D eigenvalue weighted by Crippen LogP contribution is -2.62. The smallest absolute Gasteiger partial charge is 0.410 e. The van der Waals surface area contributed by atoms with Crippen LogP contribution in [0.1, 0.15) is 43.9 Å². The van der Waals surface area contributed by atoms with E-state index in [0.29, 0.717) is 27.9 Å². The highest BCUT2D eigenvalue weighted by Gasteiger charge is 2.50. The van der Waals surface area contributed by atoms with Crippen LogP contribution in [0.3, 0.4) is 0 Å². The van der Waals surface area contributed by atoms with Gasteiger partial charge >= 0.3 is 6.09 Å². The number of halogens is 3. The highest BCUT2D eigenvalue weighted by Crippen LogP contribution is 2.43. The maximum Gasteiger partial charge on any atom is 0.410 e. The zero-order valence-electron chi connectivity index (χ0n) is 21.4. The summed E-state index contributed by atoms with van der Waals surface area (Å²) in [4.78, 5) is 18.5. The number of hydrogen-bond acceptors (Lipinski definition) is 6. The third-order valence-corrected chi connectivity index (χ3v) is 6.30. The summed E-state index contributed by atoms with van der Waals surface area (Å²) >= 11 is 0. The number of hydrogen-bond donors (Lipinski definition) is 1. The minimum atomic E-state index is -2.90. The predicted octanol–water partition coefficient (Wildman–Crippen LogP) is 6.02. The van der Waals surface area contributed by atoms with Crippen molar-refractivity contribution in [3.8, 4) is 5.75 Å². The molecular formula is C27H30F3N3O4. The maximum atomic E-state index is 14.6. The van der Waals surface area contributed by atoms with Gasteiger partial charge in [0.15, 0.2) is 0 Å². The van der Waals surface area contributed by atoms with Crippen molar-refractivity contribution in [2.75, 3.05) is 32.6 Å². The Morgan fingerprint density at radius 1 is 1.19 bits per heavy atom. The van der Waals surface area contributed by atoms with Gasteiger partial charge in [-0.25, -0.2) is 18.0 Å². The lowest BCUT2D eigenvalue weighted by Gasteiger charge is -2.49. The van der Waals surface area contributed by atoms with Crippen molar-refractivity contribution < 1.29 is 32.2 Å². The average Bonchev–Trinajstić information content (AvgIpc) is 2.81. The van der Waals surface area contributed by atoms with E-state index in [2.05, 4.69) is 10.3 Å². The van der Waals surface area contributed by atoms with E-state index >= 15 is 0 Å². The van der Waals surface area contributed by atoms with Crippen LogP contribution in [0.2, 0.25) is 0 Å². The number of likely N-dealkylation sites (tertiary alicyclic amines) is 1. The molecule has 198 valence electrons. The molecule has 1 aliphatic rings. The quantitative estimate of drug-likeness (QED) is 0.413. The number of benzene rings is 2. The van der Waals surface area contributed by atoms with E-state index in [0.717, 1.165) is 6.07 Å². The van der Waals surface area contributed by atoms with Crippen molar-refractivity contribution in [3.63, 3.8) is 0 Å². The Labute approximate surface area is 213 Å². The second-order valence-corrected chi connectivity index (χ2v) is 9.94. The minimum absolute atomic E-state index is 0.00525. The molecule has 1 N–H and O–H groups in total. The summed E-state index contributed by atoms with van der Waals surface area (Å²) in [5, 5.41) is 3.85. The van der Waals surface area contributed by atoms with E-state index < -0.39 is 35.1 Å². The summed E-state index contributed by atoms with van der Waals surface area (Å²) in [5.41, 5.74) is -0.00597. The molecule has 0 atom stereocenters. The van der Waals surface area contributed by atoms with E-state index in [4.69, 9.17) is 14.2 Å². The number of fused-ring (bicyclic) bond motifs is 1. The van der Waals surface area contributed by atoms with Gasteiger partial charge in [0.1, 0.15) is 22.8 Å². The Hall–Kier alpha value is -3.53. The van der Waals surface area contributed by atoms with Crippen LogP contribution in [0, 0.1) is 5.82 Å². The molecule has 0 radical (unpaired) electrons. The number of alkyl halides is 2. The van der Waals surface area contributed by atoms with Gasteiger partial charge < -0.3 is 24.4 Å². The first kappa shape index (κ1) is 26.5. The summed E-state index contributed by atoms with van der Waals surface area (Å²) < 4.78 is 57.8. The number of amides is 1. The number of methoxy groups -OCH3 is 2. The zero-order chi connectivity index (χ0) is 27.0. The average molecular weight is 518 g/mol. The molecule has 1 fully saturated rings. The largest absolute Gasteiger partial charge is 0.496 e. The van der Waals surface area contributed by atoms with Crippen LogP contribution in [-0.4, -0.2) is 48.9 Å². The molecular weight excluding hydrogens is 487 g/mol. The Morgan fingerprint density at radius 3 is 2.54 bits per heavy atom. The normalized spacial score (nSPS) is 15.0. The molecule has 0 aliphatic carbocycles. The predicted molar refractivity (Wildman–Crippen MR) is 133 cm³/mol.